The molecular weight excluding hydrogens is 324 g/mol. The molecular formula is C22H26N2O2. The van der Waals surface area contributed by atoms with Crippen molar-refractivity contribution in [1.82, 2.24) is 10.2 Å². The molecule has 1 aliphatic heterocycles. The Labute approximate surface area is 155 Å². The van der Waals surface area contributed by atoms with Gasteiger partial charge in [-0.15, -0.1) is 0 Å². The molecule has 0 aliphatic carbocycles. The summed E-state index contributed by atoms with van der Waals surface area (Å²) in [4.78, 5) is 27.1. The summed E-state index contributed by atoms with van der Waals surface area (Å²) >= 11 is 0. The van der Waals surface area contributed by atoms with Crippen LogP contribution in [0.1, 0.15) is 43.4 Å². The number of carbonyl (C=O) groups is 2. The third kappa shape index (κ3) is 4.51. The van der Waals surface area contributed by atoms with Crippen molar-refractivity contribution in [2.75, 3.05) is 6.54 Å². The smallest absolute Gasteiger partial charge is 0.243 e. The first-order valence-electron chi connectivity index (χ1n) is 9.34. The topological polar surface area (TPSA) is 49.4 Å². The van der Waals surface area contributed by atoms with Gasteiger partial charge in [-0.2, -0.15) is 0 Å². The van der Waals surface area contributed by atoms with Gasteiger partial charge in [-0.1, -0.05) is 60.7 Å². The Balaban J connectivity index is 1.56. The van der Waals surface area contributed by atoms with Crippen LogP contribution in [0.25, 0.3) is 0 Å². The van der Waals surface area contributed by atoms with Crippen molar-refractivity contribution in [3.05, 3.63) is 71.8 Å². The average molecular weight is 350 g/mol. The second-order valence-electron chi connectivity index (χ2n) is 6.87. The molecule has 0 aromatic heterocycles. The van der Waals surface area contributed by atoms with Crippen LogP contribution in [0.3, 0.4) is 0 Å². The number of amides is 2. The van der Waals surface area contributed by atoms with Crippen LogP contribution in [-0.4, -0.2) is 29.3 Å². The summed E-state index contributed by atoms with van der Waals surface area (Å²) in [6, 6.07) is 19.5. The lowest BCUT2D eigenvalue weighted by Gasteiger charge is -2.26. The number of rotatable bonds is 6. The molecule has 0 bridgehead atoms. The van der Waals surface area contributed by atoms with Gasteiger partial charge < -0.3 is 10.2 Å². The molecule has 1 saturated heterocycles. The van der Waals surface area contributed by atoms with Gasteiger partial charge in [-0.25, -0.2) is 0 Å². The van der Waals surface area contributed by atoms with Gasteiger partial charge in [0.2, 0.25) is 11.8 Å². The standard InChI is InChI=1S/C22H26N2O2/c1-17(19-11-6-3-7-12-19)23-22(26)20-13-8-16-24(20)21(25)15-14-18-9-4-2-5-10-18/h2-7,9-12,17,20H,8,13-16H2,1H3,(H,23,26). The number of likely N-dealkylation sites (tertiary alicyclic amines) is 1. The van der Waals surface area contributed by atoms with E-state index in [-0.39, 0.29) is 23.9 Å². The number of aryl methyl sites for hydroxylation is 1. The van der Waals surface area contributed by atoms with Crippen molar-refractivity contribution in [2.45, 2.75) is 44.7 Å². The van der Waals surface area contributed by atoms with E-state index in [9.17, 15) is 9.59 Å². The first-order chi connectivity index (χ1) is 12.6. The van der Waals surface area contributed by atoms with Crippen LogP contribution in [0.4, 0.5) is 0 Å². The fraction of sp³-hybridized carbons (Fsp3) is 0.364. The zero-order chi connectivity index (χ0) is 18.4. The predicted octanol–water partition coefficient (Wildman–Crippen LogP) is 3.49. The van der Waals surface area contributed by atoms with E-state index in [1.165, 1.54) is 0 Å². The highest BCUT2D eigenvalue weighted by molar-refractivity contribution is 5.88. The van der Waals surface area contributed by atoms with Gasteiger partial charge in [0.05, 0.1) is 6.04 Å². The lowest BCUT2D eigenvalue weighted by molar-refractivity contribution is -0.138. The van der Waals surface area contributed by atoms with Crippen LogP contribution in [0.5, 0.6) is 0 Å². The van der Waals surface area contributed by atoms with Gasteiger partial charge in [-0.05, 0) is 37.3 Å². The fourth-order valence-corrected chi connectivity index (χ4v) is 3.51. The van der Waals surface area contributed by atoms with Gasteiger partial charge in [-0.3, -0.25) is 9.59 Å². The van der Waals surface area contributed by atoms with Crippen LogP contribution >= 0.6 is 0 Å². The Bertz CT molecular complexity index is 730. The molecule has 2 atom stereocenters. The van der Waals surface area contributed by atoms with Crippen molar-refractivity contribution < 1.29 is 9.59 Å². The monoisotopic (exact) mass is 350 g/mol. The molecule has 1 N–H and O–H groups in total. The summed E-state index contributed by atoms with van der Waals surface area (Å²) in [6.45, 7) is 2.65. The minimum Gasteiger partial charge on any atom is -0.348 e. The molecule has 2 unspecified atom stereocenters. The minimum absolute atomic E-state index is 0.0492. The summed E-state index contributed by atoms with van der Waals surface area (Å²) in [7, 11) is 0. The van der Waals surface area contributed by atoms with E-state index < -0.39 is 0 Å². The summed E-state index contributed by atoms with van der Waals surface area (Å²) < 4.78 is 0. The van der Waals surface area contributed by atoms with Crippen molar-refractivity contribution >= 4 is 11.8 Å². The number of carbonyl (C=O) groups excluding carboxylic acids is 2. The van der Waals surface area contributed by atoms with Gasteiger partial charge >= 0.3 is 0 Å². The van der Waals surface area contributed by atoms with Gasteiger partial charge in [0.1, 0.15) is 6.04 Å². The summed E-state index contributed by atoms with van der Waals surface area (Å²) in [5.41, 5.74) is 2.22. The summed E-state index contributed by atoms with van der Waals surface area (Å²) in [6.07, 6.45) is 2.78. The molecule has 1 aliphatic rings. The molecule has 2 aromatic rings. The number of nitrogens with one attached hydrogen (secondary N) is 1. The first kappa shape index (κ1) is 18.2. The van der Waals surface area contributed by atoms with Crippen molar-refractivity contribution in [3.8, 4) is 0 Å². The molecule has 0 saturated carbocycles. The summed E-state index contributed by atoms with van der Waals surface area (Å²) in [5, 5.41) is 3.06. The maximum Gasteiger partial charge on any atom is 0.243 e. The Hall–Kier alpha value is -2.62. The van der Waals surface area contributed by atoms with E-state index in [0.717, 1.165) is 24.0 Å². The lowest BCUT2D eigenvalue weighted by Crippen LogP contribution is -2.46. The Morgan fingerprint density at radius 2 is 1.73 bits per heavy atom. The molecule has 0 radical (unpaired) electrons. The molecule has 26 heavy (non-hydrogen) atoms. The number of nitrogens with zero attached hydrogens (tertiary/aromatic N) is 1. The molecule has 1 fully saturated rings. The normalized spacial score (nSPS) is 17.7. The van der Waals surface area contributed by atoms with E-state index in [4.69, 9.17) is 0 Å². The molecule has 2 aromatic carbocycles. The van der Waals surface area contributed by atoms with E-state index in [2.05, 4.69) is 5.32 Å². The minimum atomic E-state index is -0.343. The molecule has 4 nitrogen and oxygen atoms in total. The second-order valence-corrected chi connectivity index (χ2v) is 6.87. The van der Waals surface area contributed by atoms with Gasteiger partial charge in [0.25, 0.3) is 0 Å². The van der Waals surface area contributed by atoms with Crippen LogP contribution in [-0.2, 0) is 16.0 Å². The highest BCUT2D eigenvalue weighted by Gasteiger charge is 2.34. The summed E-state index contributed by atoms with van der Waals surface area (Å²) in [5.74, 6) is 0.0192. The Kier molecular flexibility index (Phi) is 6.05. The maximum absolute atomic E-state index is 12.7. The van der Waals surface area contributed by atoms with Crippen molar-refractivity contribution in [2.24, 2.45) is 0 Å². The van der Waals surface area contributed by atoms with Crippen molar-refractivity contribution in [1.29, 1.82) is 0 Å². The highest BCUT2D eigenvalue weighted by atomic mass is 16.2. The third-order valence-corrected chi connectivity index (χ3v) is 5.00. The third-order valence-electron chi connectivity index (χ3n) is 5.00. The van der Waals surface area contributed by atoms with Gasteiger partial charge in [0, 0.05) is 13.0 Å². The number of hydrogen-bond acceptors (Lipinski definition) is 2. The average Bonchev–Trinajstić information content (AvgIpc) is 3.17. The lowest BCUT2D eigenvalue weighted by atomic mass is 10.1. The number of benzene rings is 2. The molecule has 136 valence electrons. The Morgan fingerprint density at radius 3 is 2.42 bits per heavy atom. The molecule has 3 rings (SSSR count). The zero-order valence-electron chi connectivity index (χ0n) is 15.2. The first-order valence-corrected chi connectivity index (χ1v) is 9.34. The van der Waals surface area contributed by atoms with Gasteiger partial charge in [0.15, 0.2) is 0 Å². The van der Waals surface area contributed by atoms with E-state index in [1.807, 2.05) is 67.6 Å². The molecule has 4 heteroatoms. The molecule has 0 spiro atoms. The maximum atomic E-state index is 12.7. The highest BCUT2D eigenvalue weighted by Crippen LogP contribution is 2.21. The van der Waals surface area contributed by atoms with E-state index in [0.29, 0.717) is 19.4 Å². The van der Waals surface area contributed by atoms with Crippen LogP contribution in [0.2, 0.25) is 0 Å². The largest absolute Gasteiger partial charge is 0.348 e. The second kappa shape index (κ2) is 8.65. The Morgan fingerprint density at radius 1 is 1.08 bits per heavy atom. The molecule has 1 heterocycles. The van der Waals surface area contributed by atoms with Crippen molar-refractivity contribution in [3.63, 3.8) is 0 Å². The van der Waals surface area contributed by atoms with Crippen LogP contribution < -0.4 is 5.32 Å². The van der Waals surface area contributed by atoms with Crippen LogP contribution in [0, 0.1) is 0 Å². The quantitative estimate of drug-likeness (QED) is 0.867. The van der Waals surface area contributed by atoms with E-state index >= 15 is 0 Å². The predicted molar refractivity (Wildman–Crippen MR) is 102 cm³/mol. The zero-order valence-corrected chi connectivity index (χ0v) is 15.2. The molecule has 2 amide bonds. The number of hydrogen-bond donors (Lipinski definition) is 1. The SMILES string of the molecule is CC(NC(=O)C1CCCN1C(=O)CCc1ccccc1)c1ccccc1. The fourth-order valence-electron chi connectivity index (χ4n) is 3.51. The van der Waals surface area contributed by atoms with Crippen LogP contribution in [0.15, 0.2) is 60.7 Å². The van der Waals surface area contributed by atoms with E-state index in [1.54, 1.807) is 4.90 Å².